The van der Waals surface area contributed by atoms with Crippen molar-refractivity contribution in [2.75, 3.05) is 7.11 Å². The van der Waals surface area contributed by atoms with E-state index in [2.05, 4.69) is 46.4 Å². The van der Waals surface area contributed by atoms with Crippen molar-refractivity contribution in [1.29, 1.82) is 0 Å². The van der Waals surface area contributed by atoms with Crippen LogP contribution in [0.1, 0.15) is 31.0 Å². The van der Waals surface area contributed by atoms with Crippen molar-refractivity contribution in [3.8, 4) is 11.4 Å². The van der Waals surface area contributed by atoms with Gasteiger partial charge in [0.15, 0.2) is 5.82 Å². The van der Waals surface area contributed by atoms with Gasteiger partial charge in [0.1, 0.15) is 5.15 Å². The minimum Gasteiger partial charge on any atom is -0.380 e. The molecule has 5 heteroatoms. The molecule has 0 spiro atoms. The van der Waals surface area contributed by atoms with Gasteiger partial charge in [0, 0.05) is 12.7 Å². The summed E-state index contributed by atoms with van der Waals surface area (Å²) in [6.07, 6.45) is 0. The normalized spacial score (nSPS) is 11.1. The van der Waals surface area contributed by atoms with Gasteiger partial charge >= 0.3 is 0 Å². The maximum Gasteiger partial charge on any atom is 0.161 e. The fourth-order valence-electron chi connectivity index (χ4n) is 1.91. The Labute approximate surface area is 137 Å². The molecule has 0 aliphatic carbocycles. The van der Waals surface area contributed by atoms with Crippen LogP contribution in [0.4, 0.5) is 0 Å². The first kappa shape index (κ1) is 15.7. The minimum absolute atomic E-state index is 0.309. The summed E-state index contributed by atoms with van der Waals surface area (Å²) in [6, 6.07) is 8.02. The standard InChI is InChI=1S/C15H16ClIN2O/c1-9(2)13-12(17)14(16)19-15(18-13)11-6-4-5-10(7-11)8-20-3/h4-7,9H,8H2,1-3H3. The second kappa shape index (κ2) is 6.83. The number of halogens is 2. The van der Waals surface area contributed by atoms with Crippen LogP contribution in [0.25, 0.3) is 11.4 Å². The van der Waals surface area contributed by atoms with E-state index in [1.54, 1.807) is 7.11 Å². The molecule has 2 rings (SSSR count). The van der Waals surface area contributed by atoms with Crippen molar-refractivity contribution in [2.45, 2.75) is 26.4 Å². The maximum atomic E-state index is 6.23. The molecule has 1 heterocycles. The van der Waals surface area contributed by atoms with Crippen LogP contribution < -0.4 is 0 Å². The molecule has 0 saturated carbocycles. The molecule has 0 N–H and O–H groups in total. The van der Waals surface area contributed by atoms with Crippen molar-refractivity contribution in [1.82, 2.24) is 9.97 Å². The number of rotatable bonds is 4. The van der Waals surface area contributed by atoms with Gasteiger partial charge in [-0.3, -0.25) is 0 Å². The summed E-state index contributed by atoms with van der Waals surface area (Å²) in [4.78, 5) is 9.05. The van der Waals surface area contributed by atoms with Crippen molar-refractivity contribution < 1.29 is 4.74 Å². The van der Waals surface area contributed by atoms with Gasteiger partial charge in [0.05, 0.1) is 15.9 Å². The summed E-state index contributed by atoms with van der Waals surface area (Å²) in [5.41, 5.74) is 3.03. The molecule has 1 aromatic carbocycles. The zero-order chi connectivity index (χ0) is 14.7. The molecule has 0 unspecified atom stereocenters. The number of ether oxygens (including phenoxy) is 1. The highest BCUT2D eigenvalue weighted by Crippen LogP contribution is 2.28. The molecule has 3 nitrogen and oxygen atoms in total. The van der Waals surface area contributed by atoms with Crippen LogP contribution in [0.5, 0.6) is 0 Å². The Morgan fingerprint density at radius 1 is 1.30 bits per heavy atom. The molecule has 0 saturated heterocycles. The first-order valence-corrected chi connectivity index (χ1v) is 7.79. The highest BCUT2D eigenvalue weighted by molar-refractivity contribution is 14.1. The molecule has 0 bridgehead atoms. The molecule has 20 heavy (non-hydrogen) atoms. The summed E-state index contributed by atoms with van der Waals surface area (Å²) in [7, 11) is 1.68. The maximum absolute atomic E-state index is 6.23. The molecule has 1 aromatic heterocycles. The summed E-state index contributed by atoms with van der Waals surface area (Å²) >= 11 is 8.43. The fraction of sp³-hybridized carbons (Fsp3) is 0.333. The lowest BCUT2D eigenvalue weighted by molar-refractivity contribution is 0.185. The highest BCUT2D eigenvalue weighted by atomic mass is 127. The smallest absolute Gasteiger partial charge is 0.161 e. The van der Waals surface area contributed by atoms with Gasteiger partial charge in [0.2, 0.25) is 0 Å². The summed E-state index contributed by atoms with van der Waals surface area (Å²) < 4.78 is 6.08. The largest absolute Gasteiger partial charge is 0.380 e. The van der Waals surface area contributed by atoms with E-state index in [4.69, 9.17) is 16.3 Å². The molecule has 0 fully saturated rings. The van der Waals surface area contributed by atoms with Gasteiger partial charge in [-0.15, -0.1) is 0 Å². The zero-order valence-electron chi connectivity index (χ0n) is 11.7. The molecule has 0 atom stereocenters. The number of methoxy groups -OCH3 is 1. The molecule has 2 aromatic rings. The van der Waals surface area contributed by atoms with Gasteiger partial charge in [-0.25, -0.2) is 9.97 Å². The molecule has 0 radical (unpaired) electrons. The zero-order valence-corrected chi connectivity index (χ0v) is 14.6. The Hall–Kier alpha value is -0.720. The molecule has 106 valence electrons. The van der Waals surface area contributed by atoms with Crippen LogP contribution in [0, 0.1) is 3.57 Å². The van der Waals surface area contributed by atoms with Crippen LogP contribution in [0.2, 0.25) is 5.15 Å². The number of benzene rings is 1. The van der Waals surface area contributed by atoms with E-state index in [0.29, 0.717) is 23.5 Å². The minimum atomic E-state index is 0.309. The van der Waals surface area contributed by atoms with Crippen LogP contribution >= 0.6 is 34.2 Å². The van der Waals surface area contributed by atoms with Crippen molar-refractivity contribution in [3.05, 3.63) is 44.2 Å². The number of nitrogens with zero attached hydrogens (tertiary/aromatic N) is 2. The summed E-state index contributed by atoms with van der Waals surface area (Å²) in [6.45, 7) is 4.78. The van der Waals surface area contributed by atoms with E-state index in [1.165, 1.54) is 0 Å². The van der Waals surface area contributed by atoms with Crippen LogP contribution in [0.3, 0.4) is 0 Å². The Morgan fingerprint density at radius 2 is 2.05 bits per heavy atom. The first-order valence-electron chi connectivity index (χ1n) is 6.34. The second-order valence-corrected chi connectivity index (χ2v) is 6.26. The predicted molar refractivity (Wildman–Crippen MR) is 90.0 cm³/mol. The van der Waals surface area contributed by atoms with Crippen molar-refractivity contribution in [3.63, 3.8) is 0 Å². The van der Waals surface area contributed by atoms with Crippen molar-refractivity contribution >= 4 is 34.2 Å². The van der Waals surface area contributed by atoms with E-state index in [-0.39, 0.29) is 0 Å². The Kier molecular flexibility index (Phi) is 5.35. The molecular weight excluding hydrogens is 387 g/mol. The average Bonchev–Trinajstić information content (AvgIpc) is 2.42. The summed E-state index contributed by atoms with van der Waals surface area (Å²) in [5, 5.41) is 0.511. The quantitative estimate of drug-likeness (QED) is 0.550. The lowest BCUT2D eigenvalue weighted by Gasteiger charge is -2.11. The summed E-state index contributed by atoms with van der Waals surface area (Å²) in [5.74, 6) is 0.973. The van der Waals surface area contributed by atoms with Crippen LogP contribution in [-0.2, 0) is 11.3 Å². The van der Waals surface area contributed by atoms with Crippen LogP contribution in [0.15, 0.2) is 24.3 Å². The third-order valence-corrected chi connectivity index (χ3v) is 4.54. The molecule has 0 aliphatic heterocycles. The third kappa shape index (κ3) is 3.48. The lowest BCUT2D eigenvalue weighted by Crippen LogP contribution is -2.02. The van der Waals surface area contributed by atoms with E-state index < -0.39 is 0 Å². The van der Waals surface area contributed by atoms with Crippen LogP contribution in [-0.4, -0.2) is 17.1 Å². The second-order valence-electron chi connectivity index (χ2n) is 4.83. The fourth-order valence-corrected chi connectivity index (χ4v) is 2.96. The van der Waals surface area contributed by atoms with E-state index in [1.807, 2.05) is 24.3 Å². The van der Waals surface area contributed by atoms with Gasteiger partial charge in [-0.05, 0) is 40.1 Å². The topological polar surface area (TPSA) is 35.0 Å². The van der Waals surface area contributed by atoms with Gasteiger partial charge < -0.3 is 4.74 Å². The van der Waals surface area contributed by atoms with E-state index >= 15 is 0 Å². The van der Waals surface area contributed by atoms with Gasteiger partial charge in [0.25, 0.3) is 0 Å². The first-order chi connectivity index (χ1) is 9.52. The average molecular weight is 403 g/mol. The van der Waals surface area contributed by atoms with Gasteiger partial charge in [-0.2, -0.15) is 0 Å². The van der Waals surface area contributed by atoms with E-state index in [0.717, 1.165) is 20.4 Å². The van der Waals surface area contributed by atoms with E-state index in [9.17, 15) is 0 Å². The monoisotopic (exact) mass is 402 g/mol. The SMILES string of the molecule is COCc1cccc(-c2nc(Cl)c(I)c(C(C)C)n2)c1. The molecule has 0 amide bonds. The lowest BCUT2D eigenvalue weighted by atomic mass is 10.1. The third-order valence-electron chi connectivity index (χ3n) is 2.88. The number of hydrogen-bond donors (Lipinski definition) is 0. The molecular formula is C15H16ClIN2O. The highest BCUT2D eigenvalue weighted by Gasteiger charge is 2.14. The Balaban J connectivity index is 2.50. The number of hydrogen-bond acceptors (Lipinski definition) is 3. The number of aromatic nitrogens is 2. The Bertz CT molecular complexity index is 617. The predicted octanol–water partition coefficient (Wildman–Crippen LogP) is 4.67. The van der Waals surface area contributed by atoms with Gasteiger partial charge in [-0.1, -0.05) is 43.6 Å². The molecule has 0 aliphatic rings. The van der Waals surface area contributed by atoms with Crippen molar-refractivity contribution in [2.24, 2.45) is 0 Å². The Morgan fingerprint density at radius 3 is 2.70 bits per heavy atom.